The van der Waals surface area contributed by atoms with Crippen molar-refractivity contribution < 1.29 is 25.2 Å². The first-order valence-corrected chi connectivity index (χ1v) is 14.0. The molecule has 0 aromatic rings. The molecule has 0 heterocycles. The Morgan fingerprint density at radius 2 is 1.60 bits per heavy atom. The van der Waals surface area contributed by atoms with E-state index in [4.69, 9.17) is 4.89 Å². The van der Waals surface area contributed by atoms with E-state index in [2.05, 4.69) is 54.5 Å². The van der Waals surface area contributed by atoms with Crippen LogP contribution in [0.25, 0.3) is 0 Å². The summed E-state index contributed by atoms with van der Waals surface area (Å²) in [5.41, 5.74) is 0.150. The molecule has 9 atom stereocenters. The van der Waals surface area contributed by atoms with Crippen LogP contribution in [-0.2, 0) is 9.68 Å². The summed E-state index contributed by atoms with van der Waals surface area (Å²) in [5, 5.41) is 31.8. The van der Waals surface area contributed by atoms with Crippen LogP contribution in [0.1, 0.15) is 106 Å². The molecule has 198 valence electrons. The van der Waals surface area contributed by atoms with Gasteiger partial charge in [0.05, 0.1) is 11.5 Å². The van der Waals surface area contributed by atoms with Gasteiger partial charge in [0.1, 0.15) is 6.10 Å². The molecule has 35 heavy (non-hydrogen) atoms. The van der Waals surface area contributed by atoms with Crippen LogP contribution in [-0.4, -0.2) is 33.6 Å². The van der Waals surface area contributed by atoms with Crippen molar-refractivity contribution in [1.29, 1.82) is 0 Å². The summed E-state index contributed by atoms with van der Waals surface area (Å²) in [6.45, 7) is 16.2. The highest BCUT2D eigenvalue weighted by Gasteiger charge is 2.71. The molecule has 0 unspecified atom stereocenters. The van der Waals surface area contributed by atoms with Crippen molar-refractivity contribution in [2.75, 3.05) is 0 Å². The lowest BCUT2D eigenvalue weighted by Crippen LogP contribution is -2.68. The monoisotopic (exact) mass is 488 g/mol. The molecule has 5 rings (SSSR count). The number of rotatable bonds is 2. The first kappa shape index (κ1) is 25.7. The SMILES string of the molecule is CC1(C)CC[C@]2(C(=O)O)CC[C@]3(C)C(=C[C@@H](OO)[C@@H]4[C@@]5(C)CC[C@H](O)C(C)(C)[C@@H]5CC[C@]43C)[C@@H]2C1. The van der Waals surface area contributed by atoms with Crippen molar-refractivity contribution in [1.82, 2.24) is 0 Å². The van der Waals surface area contributed by atoms with E-state index in [9.17, 15) is 20.3 Å². The molecule has 0 spiro atoms. The second-order valence-electron chi connectivity index (χ2n) is 15.3. The molecule has 5 aliphatic carbocycles. The summed E-state index contributed by atoms with van der Waals surface area (Å²) in [5.74, 6) is -0.196. The van der Waals surface area contributed by atoms with E-state index in [1.165, 1.54) is 5.57 Å². The number of fused-ring (bicyclic) bond motifs is 7. The molecule has 0 saturated heterocycles. The van der Waals surface area contributed by atoms with Crippen LogP contribution in [0, 0.1) is 50.2 Å². The van der Waals surface area contributed by atoms with E-state index in [0.29, 0.717) is 5.92 Å². The molecule has 4 fully saturated rings. The van der Waals surface area contributed by atoms with Gasteiger partial charge >= 0.3 is 5.97 Å². The van der Waals surface area contributed by atoms with Gasteiger partial charge < -0.3 is 10.2 Å². The van der Waals surface area contributed by atoms with Gasteiger partial charge in [0.25, 0.3) is 0 Å². The number of carboxylic acids is 1. The van der Waals surface area contributed by atoms with Gasteiger partial charge in [-0.1, -0.05) is 60.1 Å². The molecule has 0 aliphatic heterocycles. The van der Waals surface area contributed by atoms with E-state index < -0.39 is 17.5 Å². The van der Waals surface area contributed by atoms with E-state index in [-0.39, 0.29) is 45.0 Å². The minimum absolute atomic E-state index is 0.0203. The summed E-state index contributed by atoms with van der Waals surface area (Å²) in [4.78, 5) is 18.2. The van der Waals surface area contributed by atoms with Crippen molar-refractivity contribution in [3.63, 3.8) is 0 Å². The van der Waals surface area contributed by atoms with Crippen LogP contribution >= 0.6 is 0 Å². The molecule has 5 aliphatic rings. The molecular weight excluding hydrogens is 440 g/mol. The zero-order valence-corrected chi connectivity index (χ0v) is 23.0. The topological polar surface area (TPSA) is 87.0 Å². The second kappa shape index (κ2) is 7.57. The van der Waals surface area contributed by atoms with Gasteiger partial charge in [0, 0.05) is 5.92 Å². The zero-order valence-electron chi connectivity index (χ0n) is 23.0. The number of hydrogen-bond acceptors (Lipinski definition) is 4. The molecule has 5 heteroatoms. The maximum atomic E-state index is 12.8. The third kappa shape index (κ3) is 3.13. The van der Waals surface area contributed by atoms with Crippen molar-refractivity contribution in [3.8, 4) is 0 Å². The van der Waals surface area contributed by atoms with Crippen LogP contribution in [0.15, 0.2) is 11.6 Å². The first-order chi connectivity index (χ1) is 16.1. The normalized spacial score (nSPS) is 52.3. The Hall–Kier alpha value is -0.910. The Labute approximate surface area is 211 Å². The second-order valence-corrected chi connectivity index (χ2v) is 15.3. The maximum absolute atomic E-state index is 12.8. The van der Waals surface area contributed by atoms with Crippen LogP contribution in [0.2, 0.25) is 0 Å². The lowest BCUT2D eigenvalue weighted by atomic mass is 9.33. The predicted molar refractivity (Wildman–Crippen MR) is 136 cm³/mol. The van der Waals surface area contributed by atoms with Gasteiger partial charge in [-0.2, -0.15) is 0 Å². The molecular formula is C30H48O5. The van der Waals surface area contributed by atoms with E-state index in [0.717, 1.165) is 57.8 Å². The van der Waals surface area contributed by atoms with Crippen molar-refractivity contribution in [3.05, 3.63) is 11.6 Å². The molecule has 0 aromatic carbocycles. The molecule has 0 amide bonds. The number of aliphatic carboxylic acids is 1. The molecule has 0 aromatic heterocycles. The van der Waals surface area contributed by atoms with Gasteiger partial charge in [-0.25, -0.2) is 4.89 Å². The molecule has 3 N–H and O–H groups in total. The summed E-state index contributed by atoms with van der Waals surface area (Å²) >= 11 is 0. The Bertz CT molecular complexity index is 937. The summed E-state index contributed by atoms with van der Waals surface area (Å²) in [6.07, 6.45) is 9.34. The van der Waals surface area contributed by atoms with Crippen LogP contribution in [0.4, 0.5) is 0 Å². The third-order valence-corrected chi connectivity index (χ3v) is 13.1. The van der Waals surface area contributed by atoms with Crippen molar-refractivity contribution in [2.24, 2.45) is 50.2 Å². The first-order valence-electron chi connectivity index (χ1n) is 14.0. The fourth-order valence-electron chi connectivity index (χ4n) is 10.8. The standard InChI is InChI=1S/C30H48O5/c1-25(2)12-14-30(24(32)33)15-13-28(6)18(19(30)17-25)16-20(35-34)23-27(5)10-9-22(31)26(3,4)21(27)8-11-29(23,28)7/h16,19-23,31,34H,8-15,17H2,1-7H3,(H,32,33)/t19-,20+,21-,22-,23+,27-,28+,29+,30-/m0/s1. The third-order valence-electron chi connectivity index (χ3n) is 13.1. The minimum Gasteiger partial charge on any atom is -0.481 e. The lowest BCUT2D eigenvalue weighted by molar-refractivity contribution is -0.322. The Morgan fingerprint density at radius 1 is 0.943 bits per heavy atom. The maximum Gasteiger partial charge on any atom is 0.310 e. The van der Waals surface area contributed by atoms with E-state index in [1.54, 1.807) is 0 Å². The Morgan fingerprint density at radius 3 is 2.23 bits per heavy atom. The fourth-order valence-corrected chi connectivity index (χ4v) is 10.8. The fraction of sp³-hybridized carbons (Fsp3) is 0.900. The number of carbonyl (C=O) groups is 1. The Balaban J connectivity index is 1.67. The van der Waals surface area contributed by atoms with Crippen molar-refractivity contribution >= 4 is 5.97 Å². The van der Waals surface area contributed by atoms with Crippen LogP contribution in [0.3, 0.4) is 0 Å². The van der Waals surface area contributed by atoms with Gasteiger partial charge in [0.2, 0.25) is 0 Å². The quantitative estimate of drug-likeness (QED) is 0.229. The minimum atomic E-state index is -0.706. The van der Waals surface area contributed by atoms with Gasteiger partial charge in [-0.15, -0.1) is 0 Å². The number of aliphatic hydroxyl groups excluding tert-OH is 1. The summed E-state index contributed by atoms with van der Waals surface area (Å²) in [7, 11) is 0. The van der Waals surface area contributed by atoms with Crippen molar-refractivity contribution in [2.45, 2.75) is 118 Å². The molecule has 4 saturated carbocycles. The highest BCUT2D eigenvalue weighted by molar-refractivity contribution is 5.76. The van der Waals surface area contributed by atoms with Gasteiger partial charge in [-0.05, 0) is 96.7 Å². The largest absolute Gasteiger partial charge is 0.481 e. The molecule has 5 nitrogen and oxygen atoms in total. The summed E-state index contributed by atoms with van der Waals surface area (Å²) < 4.78 is 0. The van der Waals surface area contributed by atoms with Crippen LogP contribution < -0.4 is 0 Å². The number of aliphatic hydroxyl groups is 1. The number of allylic oxidation sites excluding steroid dienone is 1. The Kier molecular flexibility index (Phi) is 5.56. The molecule has 0 radical (unpaired) electrons. The average Bonchev–Trinajstić information content (AvgIpc) is 2.76. The van der Waals surface area contributed by atoms with Gasteiger partial charge in [0.15, 0.2) is 0 Å². The van der Waals surface area contributed by atoms with Gasteiger partial charge in [-0.3, -0.25) is 10.1 Å². The predicted octanol–water partition coefficient (Wildman–Crippen LogP) is 6.70. The lowest BCUT2D eigenvalue weighted by Gasteiger charge is -2.71. The number of hydrogen-bond donors (Lipinski definition) is 3. The highest BCUT2D eigenvalue weighted by atomic mass is 17.1. The van der Waals surface area contributed by atoms with Crippen LogP contribution in [0.5, 0.6) is 0 Å². The van der Waals surface area contributed by atoms with E-state index in [1.807, 2.05) is 0 Å². The number of carboxylic acid groups (broad SMARTS) is 1. The smallest absolute Gasteiger partial charge is 0.310 e. The van der Waals surface area contributed by atoms with E-state index >= 15 is 0 Å². The zero-order chi connectivity index (χ0) is 25.8. The summed E-state index contributed by atoms with van der Waals surface area (Å²) in [6, 6.07) is 0. The average molecular weight is 489 g/mol. The molecule has 0 bridgehead atoms. The highest BCUT2D eigenvalue weighted by Crippen LogP contribution is 2.76.